The van der Waals surface area contributed by atoms with Gasteiger partial charge >= 0.3 is 0 Å². The first-order valence-electron chi connectivity index (χ1n) is 6.92. The predicted molar refractivity (Wildman–Crippen MR) is 87.1 cm³/mol. The van der Waals surface area contributed by atoms with Gasteiger partial charge in [0.25, 0.3) is 5.91 Å². The fourth-order valence-corrected chi connectivity index (χ4v) is 2.57. The maximum absolute atomic E-state index is 12.4. The van der Waals surface area contributed by atoms with E-state index in [0.29, 0.717) is 10.6 Å². The monoisotopic (exact) mass is 318 g/mol. The minimum atomic E-state index is -0.686. The second-order valence-electron chi connectivity index (χ2n) is 5.18. The van der Waals surface area contributed by atoms with Gasteiger partial charge in [-0.15, -0.1) is 11.3 Å². The number of hydrogen-bond acceptors (Lipinski definition) is 4. The number of phenols is 1. The summed E-state index contributed by atoms with van der Waals surface area (Å²) in [5, 5.41) is 16.9. The molecule has 0 saturated carbocycles. The molecule has 116 valence electrons. The van der Waals surface area contributed by atoms with Crippen LogP contribution in [0.25, 0.3) is 0 Å². The molecular weight excluding hydrogens is 300 g/mol. The third-order valence-electron chi connectivity index (χ3n) is 3.14. The van der Waals surface area contributed by atoms with Gasteiger partial charge in [-0.25, -0.2) is 0 Å². The maximum Gasteiger partial charge on any atom is 0.262 e. The maximum atomic E-state index is 12.4. The molecule has 2 aromatic rings. The number of amides is 2. The van der Waals surface area contributed by atoms with Gasteiger partial charge in [0.2, 0.25) is 5.91 Å². The van der Waals surface area contributed by atoms with E-state index in [2.05, 4.69) is 10.6 Å². The number of carbonyl (C=O) groups is 2. The molecule has 22 heavy (non-hydrogen) atoms. The fourth-order valence-electron chi connectivity index (χ4n) is 1.94. The van der Waals surface area contributed by atoms with Crippen molar-refractivity contribution in [1.82, 2.24) is 5.32 Å². The number of para-hydroxylation sites is 2. The summed E-state index contributed by atoms with van der Waals surface area (Å²) in [5.74, 6) is -0.736. The number of nitrogens with one attached hydrogen (secondary N) is 2. The van der Waals surface area contributed by atoms with Gasteiger partial charge in [0.05, 0.1) is 10.6 Å². The number of anilines is 1. The molecule has 0 aliphatic heterocycles. The van der Waals surface area contributed by atoms with Gasteiger partial charge in [0, 0.05) is 0 Å². The summed E-state index contributed by atoms with van der Waals surface area (Å²) >= 11 is 1.32. The minimum Gasteiger partial charge on any atom is -0.506 e. The number of rotatable bonds is 5. The van der Waals surface area contributed by atoms with E-state index in [4.69, 9.17) is 0 Å². The molecule has 0 bridgehead atoms. The molecule has 0 aliphatic carbocycles. The Labute approximate surface area is 133 Å². The standard InChI is InChI=1S/C16H18N2O3S/c1-10(2)14(18-15(20)13-8-5-9-22-13)16(21)17-11-6-3-4-7-12(11)19/h3-10,14,19H,1-2H3,(H,17,21)(H,18,20). The van der Waals surface area contributed by atoms with Crippen LogP contribution >= 0.6 is 11.3 Å². The molecule has 0 fully saturated rings. The number of aromatic hydroxyl groups is 1. The molecule has 1 atom stereocenters. The van der Waals surface area contributed by atoms with Gasteiger partial charge in [-0.1, -0.05) is 32.0 Å². The first-order chi connectivity index (χ1) is 10.5. The lowest BCUT2D eigenvalue weighted by atomic mass is 10.0. The highest BCUT2D eigenvalue weighted by Gasteiger charge is 2.25. The summed E-state index contributed by atoms with van der Waals surface area (Å²) in [7, 11) is 0. The van der Waals surface area contributed by atoms with E-state index in [1.165, 1.54) is 17.4 Å². The van der Waals surface area contributed by atoms with Crippen LogP contribution in [0.15, 0.2) is 41.8 Å². The number of benzene rings is 1. The predicted octanol–water partition coefficient (Wildman–Crippen LogP) is 2.85. The van der Waals surface area contributed by atoms with Crippen molar-refractivity contribution in [3.63, 3.8) is 0 Å². The van der Waals surface area contributed by atoms with Crippen LogP contribution in [-0.2, 0) is 4.79 Å². The molecule has 1 heterocycles. The van der Waals surface area contributed by atoms with E-state index < -0.39 is 6.04 Å². The summed E-state index contributed by atoms with van der Waals surface area (Å²) in [5.41, 5.74) is 0.323. The Balaban J connectivity index is 2.09. The average Bonchev–Trinajstić information content (AvgIpc) is 3.00. The van der Waals surface area contributed by atoms with Crippen molar-refractivity contribution in [1.29, 1.82) is 0 Å². The van der Waals surface area contributed by atoms with E-state index >= 15 is 0 Å². The highest BCUT2D eigenvalue weighted by Crippen LogP contribution is 2.22. The largest absolute Gasteiger partial charge is 0.506 e. The summed E-state index contributed by atoms with van der Waals surface area (Å²) in [6.45, 7) is 3.70. The zero-order chi connectivity index (χ0) is 16.1. The van der Waals surface area contributed by atoms with Gasteiger partial charge < -0.3 is 15.7 Å². The average molecular weight is 318 g/mol. The lowest BCUT2D eigenvalue weighted by Gasteiger charge is -2.21. The van der Waals surface area contributed by atoms with Crippen LogP contribution in [0.1, 0.15) is 23.5 Å². The molecular formula is C16H18N2O3S. The van der Waals surface area contributed by atoms with Crippen LogP contribution in [-0.4, -0.2) is 23.0 Å². The van der Waals surface area contributed by atoms with Crippen LogP contribution in [0.2, 0.25) is 0 Å². The van der Waals surface area contributed by atoms with Crippen LogP contribution in [0, 0.1) is 5.92 Å². The number of hydrogen-bond donors (Lipinski definition) is 3. The summed E-state index contributed by atoms with van der Waals surface area (Å²) < 4.78 is 0. The van der Waals surface area contributed by atoms with Crippen molar-refractivity contribution in [2.75, 3.05) is 5.32 Å². The molecule has 3 N–H and O–H groups in total. The normalized spacial score (nSPS) is 12.0. The molecule has 2 rings (SSSR count). The molecule has 1 aromatic heterocycles. The van der Waals surface area contributed by atoms with Gasteiger partial charge in [-0.3, -0.25) is 9.59 Å². The van der Waals surface area contributed by atoms with E-state index in [0.717, 1.165) is 0 Å². The van der Waals surface area contributed by atoms with Gasteiger partial charge in [0.15, 0.2) is 0 Å². The zero-order valence-corrected chi connectivity index (χ0v) is 13.2. The van der Waals surface area contributed by atoms with Crippen molar-refractivity contribution in [3.8, 4) is 5.75 Å². The Hall–Kier alpha value is -2.34. The molecule has 0 aliphatic rings. The highest BCUT2D eigenvalue weighted by molar-refractivity contribution is 7.12. The highest BCUT2D eigenvalue weighted by atomic mass is 32.1. The quantitative estimate of drug-likeness (QED) is 0.742. The van der Waals surface area contributed by atoms with Crippen molar-refractivity contribution in [3.05, 3.63) is 46.7 Å². The third kappa shape index (κ3) is 3.85. The van der Waals surface area contributed by atoms with Crippen LogP contribution in [0.5, 0.6) is 5.75 Å². The molecule has 0 spiro atoms. The summed E-state index contributed by atoms with van der Waals surface area (Å²) in [4.78, 5) is 25.0. The Morgan fingerprint density at radius 3 is 2.45 bits per heavy atom. The molecule has 2 amide bonds. The molecule has 1 unspecified atom stereocenters. The molecule has 5 nitrogen and oxygen atoms in total. The van der Waals surface area contributed by atoms with E-state index in [-0.39, 0.29) is 23.5 Å². The number of phenolic OH excluding ortho intramolecular Hbond substituents is 1. The topological polar surface area (TPSA) is 78.4 Å². The number of thiophene rings is 1. The second-order valence-corrected chi connectivity index (χ2v) is 6.13. The van der Waals surface area contributed by atoms with Crippen molar-refractivity contribution in [2.24, 2.45) is 5.92 Å². The first-order valence-corrected chi connectivity index (χ1v) is 7.80. The summed E-state index contributed by atoms with van der Waals surface area (Å²) in [6, 6.07) is 9.28. The van der Waals surface area contributed by atoms with E-state index in [9.17, 15) is 14.7 Å². The lowest BCUT2D eigenvalue weighted by Crippen LogP contribution is -2.46. The van der Waals surface area contributed by atoms with Crippen molar-refractivity contribution in [2.45, 2.75) is 19.9 Å². The van der Waals surface area contributed by atoms with Gasteiger partial charge in [0.1, 0.15) is 11.8 Å². The van der Waals surface area contributed by atoms with Crippen LogP contribution in [0.4, 0.5) is 5.69 Å². The molecule has 0 radical (unpaired) electrons. The Kier molecular flexibility index (Phi) is 5.16. The van der Waals surface area contributed by atoms with E-state index in [1.807, 2.05) is 13.8 Å². The lowest BCUT2D eigenvalue weighted by molar-refractivity contribution is -0.118. The molecule has 0 saturated heterocycles. The van der Waals surface area contributed by atoms with Crippen molar-refractivity contribution >= 4 is 28.8 Å². The summed E-state index contributed by atoms with van der Waals surface area (Å²) in [6.07, 6.45) is 0. The second kappa shape index (κ2) is 7.09. The van der Waals surface area contributed by atoms with Gasteiger partial charge in [-0.2, -0.15) is 0 Å². The van der Waals surface area contributed by atoms with Crippen LogP contribution < -0.4 is 10.6 Å². The minimum absolute atomic E-state index is 0.0112. The van der Waals surface area contributed by atoms with Crippen molar-refractivity contribution < 1.29 is 14.7 Å². The Morgan fingerprint density at radius 2 is 1.86 bits per heavy atom. The molecule has 6 heteroatoms. The SMILES string of the molecule is CC(C)C(NC(=O)c1cccs1)C(=O)Nc1ccccc1O. The van der Waals surface area contributed by atoms with E-state index in [1.54, 1.807) is 35.7 Å². The van der Waals surface area contributed by atoms with Gasteiger partial charge in [-0.05, 0) is 29.5 Å². The fraction of sp³-hybridized carbons (Fsp3) is 0.250. The Bertz CT molecular complexity index is 653. The third-order valence-corrected chi connectivity index (χ3v) is 4.01. The molecule has 1 aromatic carbocycles. The smallest absolute Gasteiger partial charge is 0.262 e. The first kappa shape index (κ1) is 16.0. The number of carbonyl (C=O) groups excluding carboxylic acids is 2. The van der Waals surface area contributed by atoms with Crippen LogP contribution in [0.3, 0.4) is 0 Å². The Morgan fingerprint density at radius 1 is 1.14 bits per heavy atom. The zero-order valence-electron chi connectivity index (χ0n) is 12.4.